The van der Waals surface area contributed by atoms with Crippen LogP contribution in [0.15, 0.2) is 24.3 Å². The van der Waals surface area contributed by atoms with Crippen LogP contribution in [0, 0.1) is 11.7 Å². The number of amides is 2. The van der Waals surface area contributed by atoms with Crippen molar-refractivity contribution in [3.63, 3.8) is 0 Å². The Labute approximate surface area is 142 Å². The summed E-state index contributed by atoms with van der Waals surface area (Å²) in [6.07, 6.45) is 5.19. The van der Waals surface area contributed by atoms with Crippen LogP contribution in [0.3, 0.4) is 0 Å². The molecule has 1 heterocycles. The molecule has 0 atom stereocenters. The van der Waals surface area contributed by atoms with E-state index in [1.807, 2.05) is 4.90 Å². The number of carbonyl (C=O) groups is 2. The molecule has 1 saturated heterocycles. The molecule has 2 aliphatic rings. The van der Waals surface area contributed by atoms with Gasteiger partial charge >= 0.3 is 0 Å². The van der Waals surface area contributed by atoms with Crippen molar-refractivity contribution in [2.45, 2.75) is 38.5 Å². The third-order valence-corrected chi connectivity index (χ3v) is 5.16. The highest BCUT2D eigenvalue weighted by Gasteiger charge is 2.29. The van der Waals surface area contributed by atoms with Gasteiger partial charge in [0.05, 0.1) is 6.42 Å². The minimum absolute atomic E-state index is 0.0599. The topological polar surface area (TPSA) is 40.6 Å². The molecule has 2 amide bonds. The van der Waals surface area contributed by atoms with E-state index in [0.29, 0.717) is 25.2 Å². The van der Waals surface area contributed by atoms with E-state index in [2.05, 4.69) is 0 Å². The molecule has 0 radical (unpaired) electrons. The van der Waals surface area contributed by atoms with E-state index in [0.717, 1.165) is 38.6 Å². The lowest BCUT2D eigenvalue weighted by Gasteiger charge is -2.24. The van der Waals surface area contributed by atoms with Crippen LogP contribution in [0.5, 0.6) is 0 Å². The van der Waals surface area contributed by atoms with Gasteiger partial charge in [0.2, 0.25) is 11.8 Å². The molecule has 1 aromatic carbocycles. The Bertz CT molecular complexity index is 599. The predicted molar refractivity (Wildman–Crippen MR) is 89.8 cm³/mol. The van der Waals surface area contributed by atoms with E-state index in [1.54, 1.807) is 23.1 Å². The van der Waals surface area contributed by atoms with E-state index in [1.165, 1.54) is 6.07 Å². The maximum absolute atomic E-state index is 13.7. The molecule has 0 bridgehead atoms. The normalized spacial score (nSPS) is 19.4. The summed E-state index contributed by atoms with van der Waals surface area (Å²) in [7, 11) is 0. The first-order chi connectivity index (χ1) is 11.6. The maximum Gasteiger partial charge on any atom is 0.227 e. The summed E-state index contributed by atoms with van der Waals surface area (Å²) in [5.41, 5.74) is 0.436. The van der Waals surface area contributed by atoms with Gasteiger partial charge in [0.1, 0.15) is 5.82 Å². The Balaban J connectivity index is 1.56. The smallest absolute Gasteiger partial charge is 0.227 e. The Morgan fingerprint density at radius 2 is 1.62 bits per heavy atom. The van der Waals surface area contributed by atoms with Gasteiger partial charge in [-0.3, -0.25) is 9.59 Å². The van der Waals surface area contributed by atoms with Gasteiger partial charge in [-0.05, 0) is 30.9 Å². The van der Waals surface area contributed by atoms with E-state index >= 15 is 0 Å². The summed E-state index contributed by atoms with van der Waals surface area (Å²) in [5, 5.41) is 0. The van der Waals surface area contributed by atoms with Gasteiger partial charge in [0.25, 0.3) is 0 Å². The second kappa shape index (κ2) is 7.77. The van der Waals surface area contributed by atoms with Gasteiger partial charge in [0, 0.05) is 32.1 Å². The number of halogens is 1. The maximum atomic E-state index is 13.7. The highest BCUT2D eigenvalue weighted by atomic mass is 19.1. The fraction of sp³-hybridized carbons (Fsp3) is 0.579. The molecular weight excluding hydrogens is 307 g/mol. The van der Waals surface area contributed by atoms with Crippen LogP contribution < -0.4 is 0 Å². The zero-order valence-corrected chi connectivity index (χ0v) is 14.0. The van der Waals surface area contributed by atoms with Crippen LogP contribution in [0.1, 0.15) is 37.7 Å². The number of hydrogen-bond donors (Lipinski definition) is 0. The van der Waals surface area contributed by atoms with Crippen LogP contribution >= 0.6 is 0 Å². The molecule has 24 heavy (non-hydrogen) atoms. The molecule has 0 aromatic heterocycles. The molecule has 1 aliphatic carbocycles. The minimum Gasteiger partial charge on any atom is -0.341 e. The molecule has 4 nitrogen and oxygen atoms in total. The Morgan fingerprint density at radius 1 is 0.958 bits per heavy atom. The molecule has 1 aromatic rings. The molecule has 0 unspecified atom stereocenters. The number of carbonyl (C=O) groups excluding carboxylic acids is 2. The van der Waals surface area contributed by atoms with Gasteiger partial charge in [-0.2, -0.15) is 0 Å². The molecule has 3 rings (SSSR count). The Hall–Kier alpha value is -1.91. The van der Waals surface area contributed by atoms with Crippen molar-refractivity contribution in [1.29, 1.82) is 0 Å². The molecule has 130 valence electrons. The fourth-order valence-electron chi connectivity index (χ4n) is 3.73. The van der Waals surface area contributed by atoms with Crippen molar-refractivity contribution >= 4 is 11.8 Å². The molecule has 1 saturated carbocycles. The van der Waals surface area contributed by atoms with E-state index in [9.17, 15) is 14.0 Å². The van der Waals surface area contributed by atoms with Crippen LogP contribution in [0.4, 0.5) is 4.39 Å². The zero-order valence-electron chi connectivity index (χ0n) is 14.0. The summed E-state index contributed by atoms with van der Waals surface area (Å²) in [4.78, 5) is 28.7. The zero-order chi connectivity index (χ0) is 16.9. The van der Waals surface area contributed by atoms with Crippen LogP contribution in [0.25, 0.3) is 0 Å². The van der Waals surface area contributed by atoms with Gasteiger partial charge < -0.3 is 9.80 Å². The average Bonchev–Trinajstić information content (AvgIpc) is 3.00. The third-order valence-electron chi connectivity index (χ3n) is 5.16. The Kier molecular flexibility index (Phi) is 5.48. The largest absolute Gasteiger partial charge is 0.341 e. The first-order valence-corrected chi connectivity index (χ1v) is 8.95. The number of nitrogens with zero attached hydrogens (tertiary/aromatic N) is 2. The minimum atomic E-state index is -0.335. The lowest BCUT2D eigenvalue weighted by molar-refractivity contribution is -0.136. The van der Waals surface area contributed by atoms with Crippen molar-refractivity contribution in [2.24, 2.45) is 5.92 Å². The monoisotopic (exact) mass is 332 g/mol. The predicted octanol–water partition coefficient (Wildman–Crippen LogP) is 2.62. The second-order valence-corrected chi connectivity index (χ2v) is 6.81. The van der Waals surface area contributed by atoms with E-state index < -0.39 is 0 Å². The van der Waals surface area contributed by atoms with Crippen molar-refractivity contribution in [3.05, 3.63) is 35.6 Å². The van der Waals surface area contributed by atoms with E-state index in [4.69, 9.17) is 0 Å². The SMILES string of the molecule is O=C(Cc1ccccc1F)N1CCCN(C(=O)C2CCCC2)CC1. The van der Waals surface area contributed by atoms with E-state index in [-0.39, 0.29) is 30.0 Å². The van der Waals surface area contributed by atoms with Crippen LogP contribution in [0.2, 0.25) is 0 Å². The summed E-state index contributed by atoms with van der Waals surface area (Å²) in [5.74, 6) is 0.0514. The summed E-state index contributed by atoms with van der Waals surface area (Å²) < 4.78 is 13.7. The number of benzene rings is 1. The van der Waals surface area contributed by atoms with Gasteiger partial charge in [-0.15, -0.1) is 0 Å². The summed E-state index contributed by atoms with van der Waals surface area (Å²) >= 11 is 0. The van der Waals surface area contributed by atoms with Gasteiger partial charge in [0.15, 0.2) is 0 Å². The first-order valence-electron chi connectivity index (χ1n) is 8.95. The van der Waals surface area contributed by atoms with Gasteiger partial charge in [-0.25, -0.2) is 4.39 Å². The Morgan fingerprint density at radius 3 is 2.38 bits per heavy atom. The third kappa shape index (κ3) is 3.94. The quantitative estimate of drug-likeness (QED) is 0.854. The standard InChI is InChI=1S/C19H25FN2O2/c20-17-9-4-3-8-16(17)14-18(23)21-10-5-11-22(13-12-21)19(24)15-6-1-2-7-15/h3-4,8-9,15H,1-2,5-7,10-14H2. The lowest BCUT2D eigenvalue weighted by Crippen LogP contribution is -2.39. The molecule has 0 N–H and O–H groups in total. The molecular formula is C19H25FN2O2. The van der Waals surface area contributed by atoms with Gasteiger partial charge in [-0.1, -0.05) is 31.0 Å². The van der Waals surface area contributed by atoms with Crippen molar-refractivity contribution in [2.75, 3.05) is 26.2 Å². The molecule has 5 heteroatoms. The highest BCUT2D eigenvalue weighted by molar-refractivity contribution is 5.80. The molecule has 2 fully saturated rings. The summed E-state index contributed by atoms with van der Waals surface area (Å²) in [6.45, 7) is 2.50. The van der Waals surface area contributed by atoms with Crippen molar-refractivity contribution < 1.29 is 14.0 Å². The van der Waals surface area contributed by atoms with Crippen molar-refractivity contribution in [1.82, 2.24) is 9.80 Å². The first kappa shape index (κ1) is 16.9. The highest BCUT2D eigenvalue weighted by Crippen LogP contribution is 2.27. The van der Waals surface area contributed by atoms with Crippen molar-refractivity contribution in [3.8, 4) is 0 Å². The number of hydrogen-bond acceptors (Lipinski definition) is 2. The average molecular weight is 332 g/mol. The second-order valence-electron chi connectivity index (χ2n) is 6.81. The molecule has 1 aliphatic heterocycles. The van der Waals surface area contributed by atoms with Crippen LogP contribution in [-0.4, -0.2) is 47.8 Å². The van der Waals surface area contributed by atoms with Crippen LogP contribution in [-0.2, 0) is 16.0 Å². The fourth-order valence-corrected chi connectivity index (χ4v) is 3.73. The number of rotatable bonds is 3. The molecule has 0 spiro atoms. The lowest BCUT2D eigenvalue weighted by atomic mass is 10.1. The summed E-state index contributed by atoms with van der Waals surface area (Å²) in [6, 6.07) is 6.41.